The Hall–Kier alpha value is -1.06. The van der Waals surface area contributed by atoms with E-state index in [4.69, 9.17) is 0 Å². The van der Waals surface area contributed by atoms with E-state index in [0.717, 1.165) is 6.42 Å². The van der Waals surface area contributed by atoms with Crippen LogP contribution < -0.4 is 5.32 Å². The van der Waals surface area contributed by atoms with Crippen molar-refractivity contribution in [3.63, 3.8) is 0 Å². The molecule has 0 aromatic heterocycles. The van der Waals surface area contributed by atoms with Gasteiger partial charge >= 0.3 is 0 Å². The third-order valence-electron chi connectivity index (χ3n) is 2.63. The maximum absolute atomic E-state index is 11.5. The molecule has 2 amide bonds. The third kappa shape index (κ3) is 5.73. The summed E-state index contributed by atoms with van der Waals surface area (Å²) in [4.78, 5) is 24.5. The van der Waals surface area contributed by atoms with Gasteiger partial charge in [0, 0.05) is 32.0 Å². The van der Waals surface area contributed by atoms with E-state index in [0.29, 0.717) is 13.0 Å². The first-order valence-corrected chi connectivity index (χ1v) is 5.95. The van der Waals surface area contributed by atoms with E-state index in [1.54, 1.807) is 4.90 Å². The highest BCUT2D eigenvalue weighted by molar-refractivity contribution is 5.78. The van der Waals surface area contributed by atoms with Crippen molar-refractivity contribution in [2.45, 2.75) is 59.5 Å². The Morgan fingerprint density at radius 3 is 2.19 bits per heavy atom. The van der Waals surface area contributed by atoms with Crippen LogP contribution in [0.3, 0.4) is 0 Å². The van der Waals surface area contributed by atoms with Crippen molar-refractivity contribution < 1.29 is 9.59 Å². The van der Waals surface area contributed by atoms with Gasteiger partial charge in [-0.05, 0) is 27.2 Å². The molecule has 0 aliphatic rings. The van der Waals surface area contributed by atoms with Crippen LogP contribution in [0.2, 0.25) is 0 Å². The molecule has 0 aromatic rings. The van der Waals surface area contributed by atoms with Crippen molar-refractivity contribution in [2.24, 2.45) is 0 Å². The molecule has 16 heavy (non-hydrogen) atoms. The van der Waals surface area contributed by atoms with E-state index < -0.39 is 0 Å². The number of carbonyl (C=O) groups excluding carboxylic acids is 2. The molecule has 0 saturated heterocycles. The normalized spacial score (nSPS) is 12.4. The molecule has 0 rings (SSSR count). The predicted molar refractivity (Wildman–Crippen MR) is 65.0 cm³/mol. The minimum Gasteiger partial charge on any atom is -0.354 e. The van der Waals surface area contributed by atoms with Gasteiger partial charge in [-0.3, -0.25) is 9.59 Å². The lowest BCUT2D eigenvalue weighted by Gasteiger charge is -2.25. The van der Waals surface area contributed by atoms with Gasteiger partial charge in [-0.2, -0.15) is 0 Å². The molecule has 0 radical (unpaired) electrons. The molecule has 0 fully saturated rings. The van der Waals surface area contributed by atoms with Crippen molar-refractivity contribution in [2.75, 3.05) is 6.54 Å². The third-order valence-corrected chi connectivity index (χ3v) is 2.63. The molecule has 1 unspecified atom stereocenters. The summed E-state index contributed by atoms with van der Waals surface area (Å²) in [6, 6.07) is 0.353. The predicted octanol–water partition coefficient (Wildman–Crippen LogP) is 1.55. The molecule has 0 aliphatic heterocycles. The molecule has 94 valence electrons. The Balaban J connectivity index is 4.02. The van der Waals surface area contributed by atoms with Crippen molar-refractivity contribution in [3.8, 4) is 0 Å². The van der Waals surface area contributed by atoms with Crippen LogP contribution in [-0.2, 0) is 9.59 Å². The van der Waals surface area contributed by atoms with Crippen LogP contribution >= 0.6 is 0 Å². The van der Waals surface area contributed by atoms with Crippen LogP contribution in [0.5, 0.6) is 0 Å². The zero-order chi connectivity index (χ0) is 12.7. The van der Waals surface area contributed by atoms with Gasteiger partial charge in [0.1, 0.15) is 0 Å². The van der Waals surface area contributed by atoms with Crippen molar-refractivity contribution in [1.29, 1.82) is 0 Å². The summed E-state index contributed by atoms with van der Waals surface area (Å²) in [7, 11) is 0. The van der Waals surface area contributed by atoms with Crippen LogP contribution in [0.15, 0.2) is 0 Å². The molecule has 1 atom stereocenters. The monoisotopic (exact) mass is 228 g/mol. The van der Waals surface area contributed by atoms with Crippen molar-refractivity contribution in [1.82, 2.24) is 10.2 Å². The highest BCUT2D eigenvalue weighted by Gasteiger charge is 2.14. The zero-order valence-electron chi connectivity index (χ0n) is 11.0. The lowest BCUT2D eigenvalue weighted by Crippen LogP contribution is -2.39. The second-order valence-corrected chi connectivity index (χ2v) is 4.43. The second-order valence-electron chi connectivity index (χ2n) is 4.43. The number of carbonyl (C=O) groups is 2. The Kier molecular flexibility index (Phi) is 6.77. The second kappa shape index (κ2) is 7.25. The first kappa shape index (κ1) is 14.9. The Morgan fingerprint density at radius 2 is 1.81 bits per heavy atom. The van der Waals surface area contributed by atoms with E-state index in [2.05, 4.69) is 5.32 Å². The molecule has 0 aromatic carbocycles. The average Bonchev–Trinajstić information content (AvgIpc) is 2.16. The minimum atomic E-state index is 0.0150. The van der Waals surface area contributed by atoms with E-state index in [-0.39, 0.29) is 23.9 Å². The van der Waals surface area contributed by atoms with Gasteiger partial charge < -0.3 is 10.2 Å². The topological polar surface area (TPSA) is 49.4 Å². The smallest absolute Gasteiger partial charge is 0.221 e. The Labute approximate surface area is 98.4 Å². The standard InChI is InChI=1S/C12H24N2O2/c1-6-10(4)13-12(16)7-8-14(9(2)3)11(5)15/h9-10H,6-8H2,1-5H3,(H,13,16). The summed E-state index contributed by atoms with van der Waals surface area (Å²) in [5, 5.41) is 2.89. The van der Waals surface area contributed by atoms with Crippen LogP contribution in [-0.4, -0.2) is 35.3 Å². The molecule has 0 spiro atoms. The maximum Gasteiger partial charge on any atom is 0.221 e. The van der Waals surface area contributed by atoms with Crippen LogP contribution in [0, 0.1) is 0 Å². The fraction of sp³-hybridized carbons (Fsp3) is 0.833. The molecular formula is C12H24N2O2. The molecule has 0 aliphatic carbocycles. The summed E-state index contributed by atoms with van der Waals surface area (Å²) in [5.74, 6) is 0.0348. The molecule has 0 bridgehead atoms. The lowest BCUT2D eigenvalue weighted by atomic mass is 10.2. The van der Waals surface area contributed by atoms with Crippen LogP contribution in [0.4, 0.5) is 0 Å². The van der Waals surface area contributed by atoms with Gasteiger partial charge in [-0.25, -0.2) is 0 Å². The van der Waals surface area contributed by atoms with Gasteiger partial charge in [0.15, 0.2) is 0 Å². The van der Waals surface area contributed by atoms with Gasteiger partial charge in [-0.1, -0.05) is 6.92 Å². The quantitative estimate of drug-likeness (QED) is 0.750. The van der Waals surface area contributed by atoms with E-state index in [9.17, 15) is 9.59 Å². The number of amides is 2. The Morgan fingerprint density at radius 1 is 1.25 bits per heavy atom. The van der Waals surface area contributed by atoms with Gasteiger partial charge in [0.2, 0.25) is 11.8 Å². The van der Waals surface area contributed by atoms with Gasteiger partial charge in [0.25, 0.3) is 0 Å². The first-order valence-electron chi connectivity index (χ1n) is 5.95. The molecule has 4 nitrogen and oxygen atoms in total. The van der Waals surface area contributed by atoms with Crippen LogP contribution in [0.1, 0.15) is 47.5 Å². The summed E-state index contributed by atoms with van der Waals surface area (Å²) in [5.41, 5.74) is 0. The molecule has 0 heterocycles. The average molecular weight is 228 g/mol. The van der Waals surface area contributed by atoms with E-state index in [1.165, 1.54) is 6.92 Å². The lowest BCUT2D eigenvalue weighted by molar-refractivity contribution is -0.131. The fourth-order valence-corrected chi connectivity index (χ4v) is 1.45. The summed E-state index contributed by atoms with van der Waals surface area (Å²) >= 11 is 0. The van der Waals surface area contributed by atoms with E-state index >= 15 is 0 Å². The van der Waals surface area contributed by atoms with Crippen LogP contribution in [0.25, 0.3) is 0 Å². The summed E-state index contributed by atoms with van der Waals surface area (Å²) < 4.78 is 0. The van der Waals surface area contributed by atoms with Crippen molar-refractivity contribution in [3.05, 3.63) is 0 Å². The number of hydrogen-bond acceptors (Lipinski definition) is 2. The number of nitrogens with one attached hydrogen (secondary N) is 1. The maximum atomic E-state index is 11.5. The zero-order valence-corrected chi connectivity index (χ0v) is 11.0. The fourth-order valence-electron chi connectivity index (χ4n) is 1.45. The SMILES string of the molecule is CCC(C)NC(=O)CCN(C(C)=O)C(C)C. The minimum absolute atomic E-state index is 0.0150. The molecule has 1 N–H and O–H groups in total. The van der Waals surface area contributed by atoms with E-state index in [1.807, 2.05) is 27.7 Å². The first-order chi connectivity index (χ1) is 7.38. The summed E-state index contributed by atoms with van der Waals surface area (Å²) in [6.07, 6.45) is 1.30. The largest absolute Gasteiger partial charge is 0.354 e. The number of hydrogen-bond donors (Lipinski definition) is 1. The number of nitrogens with zero attached hydrogens (tertiary/aromatic N) is 1. The number of rotatable bonds is 6. The molecule has 0 saturated carbocycles. The summed E-state index contributed by atoms with van der Waals surface area (Å²) in [6.45, 7) is 9.94. The highest BCUT2D eigenvalue weighted by atomic mass is 16.2. The van der Waals surface area contributed by atoms with Gasteiger partial charge in [0.05, 0.1) is 0 Å². The highest BCUT2D eigenvalue weighted by Crippen LogP contribution is 2.00. The molecule has 4 heteroatoms. The Bertz CT molecular complexity index is 239. The van der Waals surface area contributed by atoms with Gasteiger partial charge in [-0.15, -0.1) is 0 Å². The van der Waals surface area contributed by atoms with Crippen molar-refractivity contribution >= 4 is 11.8 Å². The molecular weight excluding hydrogens is 204 g/mol.